The van der Waals surface area contributed by atoms with Crippen LogP contribution in [0.4, 0.5) is 0 Å². The Hall–Kier alpha value is -1.55. The minimum atomic E-state index is -1.16. The molecule has 1 fully saturated rings. The van der Waals surface area contributed by atoms with Gasteiger partial charge >= 0.3 is 5.97 Å². The van der Waals surface area contributed by atoms with E-state index in [4.69, 9.17) is 11.6 Å². The summed E-state index contributed by atoms with van der Waals surface area (Å²) in [7, 11) is 0. The minimum Gasteiger partial charge on any atom is -0.479 e. The number of carbonyl (C=O) groups excluding carboxylic acids is 1. The monoisotopic (exact) mass is 309 g/mol. The molecule has 0 bridgehead atoms. The zero-order valence-corrected chi connectivity index (χ0v) is 13.0. The second-order valence-corrected chi connectivity index (χ2v) is 6.25. The molecule has 0 radical (unpaired) electrons. The van der Waals surface area contributed by atoms with Crippen molar-refractivity contribution in [1.82, 2.24) is 5.32 Å². The number of nitrogens with one attached hydrogen (secondary N) is 1. The molecule has 0 heterocycles. The fourth-order valence-corrected chi connectivity index (χ4v) is 3.08. The van der Waals surface area contributed by atoms with E-state index in [9.17, 15) is 14.7 Å². The second kappa shape index (κ2) is 6.06. The van der Waals surface area contributed by atoms with Gasteiger partial charge in [-0.25, -0.2) is 4.79 Å². The summed E-state index contributed by atoms with van der Waals surface area (Å²) in [4.78, 5) is 24.2. The molecule has 21 heavy (non-hydrogen) atoms. The predicted octanol–water partition coefficient (Wildman–Crippen LogP) is 3.41. The molecule has 1 saturated carbocycles. The van der Waals surface area contributed by atoms with Gasteiger partial charge in [0.15, 0.2) is 0 Å². The average molecular weight is 310 g/mol. The van der Waals surface area contributed by atoms with Gasteiger partial charge in [-0.05, 0) is 49.4 Å². The van der Waals surface area contributed by atoms with Crippen LogP contribution in [0.1, 0.15) is 48.5 Å². The summed E-state index contributed by atoms with van der Waals surface area (Å²) in [5.74, 6) is -1.39. The van der Waals surface area contributed by atoms with Crippen LogP contribution in [0.15, 0.2) is 18.2 Å². The van der Waals surface area contributed by atoms with Gasteiger partial charge in [-0.1, -0.05) is 31.4 Å². The zero-order chi connectivity index (χ0) is 15.6. The summed E-state index contributed by atoms with van der Waals surface area (Å²) >= 11 is 5.95. The minimum absolute atomic E-state index is 0.0823. The largest absolute Gasteiger partial charge is 0.479 e. The SMILES string of the molecule is Cc1cc(C(=O)NC2(C(=O)O)CCCCC2C)ccc1Cl. The standard InChI is InChI=1S/C16H20ClNO3/c1-10-9-12(6-7-13(10)17)14(19)18-16(15(20)21)8-4-3-5-11(16)2/h6-7,9,11H,3-5,8H2,1-2H3,(H,18,19)(H,20,21). The smallest absolute Gasteiger partial charge is 0.329 e. The van der Waals surface area contributed by atoms with Crippen LogP contribution in [-0.4, -0.2) is 22.5 Å². The lowest BCUT2D eigenvalue weighted by Crippen LogP contribution is -2.60. The van der Waals surface area contributed by atoms with E-state index in [1.54, 1.807) is 18.2 Å². The maximum absolute atomic E-state index is 12.4. The quantitative estimate of drug-likeness (QED) is 0.899. The van der Waals surface area contributed by atoms with E-state index in [1.807, 2.05) is 13.8 Å². The van der Waals surface area contributed by atoms with E-state index >= 15 is 0 Å². The van der Waals surface area contributed by atoms with Crippen LogP contribution in [0, 0.1) is 12.8 Å². The molecule has 1 aromatic carbocycles. The molecule has 4 nitrogen and oxygen atoms in total. The maximum Gasteiger partial charge on any atom is 0.329 e. The topological polar surface area (TPSA) is 66.4 Å². The normalized spacial score (nSPS) is 25.4. The maximum atomic E-state index is 12.4. The van der Waals surface area contributed by atoms with E-state index in [-0.39, 0.29) is 11.8 Å². The lowest BCUT2D eigenvalue weighted by molar-refractivity contribution is -0.148. The van der Waals surface area contributed by atoms with Crippen LogP contribution in [0.2, 0.25) is 5.02 Å². The molecule has 1 aliphatic carbocycles. The van der Waals surface area contributed by atoms with Crippen molar-refractivity contribution in [3.8, 4) is 0 Å². The van der Waals surface area contributed by atoms with Gasteiger partial charge in [-0.2, -0.15) is 0 Å². The summed E-state index contributed by atoms with van der Waals surface area (Å²) in [6.07, 6.45) is 3.11. The molecule has 2 atom stereocenters. The third-order valence-corrected chi connectivity index (χ3v) is 4.86. The van der Waals surface area contributed by atoms with Crippen molar-refractivity contribution in [3.63, 3.8) is 0 Å². The first-order valence-electron chi connectivity index (χ1n) is 7.19. The Morgan fingerprint density at radius 1 is 1.38 bits per heavy atom. The number of hydrogen-bond acceptors (Lipinski definition) is 2. The molecule has 1 aromatic rings. The van der Waals surface area contributed by atoms with Crippen LogP contribution in [-0.2, 0) is 4.79 Å². The van der Waals surface area contributed by atoms with E-state index < -0.39 is 11.5 Å². The molecule has 1 amide bonds. The van der Waals surface area contributed by atoms with Crippen molar-refractivity contribution in [2.75, 3.05) is 0 Å². The Morgan fingerprint density at radius 3 is 2.67 bits per heavy atom. The predicted molar refractivity (Wildman–Crippen MR) is 81.7 cm³/mol. The highest BCUT2D eigenvalue weighted by molar-refractivity contribution is 6.31. The van der Waals surface area contributed by atoms with Gasteiger partial charge in [-0.15, -0.1) is 0 Å². The Bertz CT molecular complexity index is 573. The molecule has 5 heteroatoms. The lowest BCUT2D eigenvalue weighted by Gasteiger charge is -2.39. The molecule has 2 rings (SSSR count). The summed E-state index contributed by atoms with van der Waals surface area (Å²) < 4.78 is 0. The number of rotatable bonds is 3. The fraction of sp³-hybridized carbons (Fsp3) is 0.500. The van der Waals surface area contributed by atoms with Crippen LogP contribution in [0.3, 0.4) is 0 Å². The molecule has 114 valence electrons. The summed E-state index contributed by atoms with van der Waals surface area (Å²) in [5.41, 5.74) is 0.0729. The van der Waals surface area contributed by atoms with Gasteiger partial charge < -0.3 is 10.4 Å². The third kappa shape index (κ3) is 3.05. The highest BCUT2D eigenvalue weighted by Gasteiger charge is 2.46. The Labute approximate surface area is 129 Å². The molecular formula is C16H20ClNO3. The number of aliphatic carboxylic acids is 1. The fourth-order valence-electron chi connectivity index (χ4n) is 2.96. The van der Waals surface area contributed by atoms with Crippen molar-refractivity contribution in [1.29, 1.82) is 0 Å². The van der Waals surface area contributed by atoms with Crippen molar-refractivity contribution < 1.29 is 14.7 Å². The zero-order valence-electron chi connectivity index (χ0n) is 12.3. The summed E-state index contributed by atoms with van der Waals surface area (Å²) in [6.45, 7) is 3.70. The molecule has 0 aromatic heterocycles. The van der Waals surface area contributed by atoms with Crippen LogP contribution < -0.4 is 5.32 Å². The Morgan fingerprint density at radius 2 is 2.10 bits per heavy atom. The summed E-state index contributed by atoms with van der Waals surface area (Å²) in [6, 6.07) is 4.96. The van der Waals surface area contributed by atoms with Crippen LogP contribution in [0.5, 0.6) is 0 Å². The van der Waals surface area contributed by atoms with Crippen molar-refractivity contribution >= 4 is 23.5 Å². The van der Waals surface area contributed by atoms with Crippen molar-refractivity contribution in [3.05, 3.63) is 34.3 Å². The molecule has 2 N–H and O–H groups in total. The van der Waals surface area contributed by atoms with Crippen LogP contribution in [0.25, 0.3) is 0 Å². The van der Waals surface area contributed by atoms with Gasteiger partial charge in [0.25, 0.3) is 5.91 Å². The number of amides is 1. The van der Waals surface area contributed by atoms with Gasteiger partial charge in [0.2, 0.25) is 0 Å². The Balaban J connectivity index is 2.26. The van der Waals surface area contributed by atoms with Crippen LogP contribution >= 0.6 is 11.6 Å². The Kier molecular flexibility index (Phi) is 4.57. The number of halogens is 1. The van der Waals surface area contributed by atoms with E-state index in [2.05, 4.69) is 5.32 Å². The molecule has 0 saturated heterocycles. The number of benzene rings is 1. The molecule has 0 spiro atoms. The molecule has 0 aliphatic heterocycles. The molecule has 1 aliphatic rings. The number of aryl methyl sites for hydroxylation is 1. The van der Waals surface area contributed by atoms with Gasteiger partial charge in [0.05, 0.1) is 0 Å². The van der Waals surface area contributed by atoms with Crippen molar-refractivity contribution in [2.24, 2.45) is 5.92 Å². The summed E-state index contributed by atoms with van der Waals surface area (Å²) in [5, 5.41) is 13.0. The van der Waals surface area contributed by atoms with E-state index in [0.717, 1.165) is 24.8 Å². The first kappa shape index (κ1) is 15.8. The number of carboxylic acid groups (broad SMARTS) is 1. The first-order chi connectivity index (χ1) is 9.86. The van der Waals surface area contributed by atoms with Crippen molar-refractivity contribution in [2.45, 2.75) is 45.1 Å². The third-order valence-electron chi connectivity index (χ3n) is 4.44. The van der Waals surface area contributed by atoms with Gasteiger partial charge in [-0.3, -0.25) is 4.79 Å². The lowest BCUT2D eigenvalue weighted by atomic mass is 9.73. The second-order valence-electron chi connectivity index (χ2n) is 5.84. The first-order valence-corrected chi connectivity index (χ1v) is 7.56. The molecule has 2 unspecified atom stereocenters. The van der Waals surface area contributed by atoms with Gasteiger partial charge in [0, 0.05) is 10.6 Å². The number of carbonyl (C=O) groups is 2. The number of carboxylic acids is 1. The molecular weight excluding hydrogens is 290 g/mol. The van der Waals surface area contributed by atoms with E-state index in [1.165, 1.54) is 0 Å². The van der Waals surface area contributed by atoms with E-state index in [0.29, 0.717) is 17.0 Å². The highest BCUT2D eigenvalue weighted by atomic mass is 35.5. The average Bonchev–Trinajstić information content (AvgIpc) is 2.44. The number of hydrogen-bond donors (Lipinski definition) is 2. The highest BCUT2D eigenvalue weighted by Crippen LogP contribution is 2.34. The van der Waals surface area contributed by atoms with Gasteiger partial charge in [0.1, 0.15) is 5.54 Å².